The van der Waals surface area contributed by atoms with Gasteiger partial charge in [-0.25, -0.2) is 4.39 Å². The third-order valence-corrected chi connectivity index (χ3v) is 2.63. The quantitative estimate of drug-likeness (QED) is 0.498. The molecule has 3 nitrogen and oxygen atoms in total. The summed E-state index contributed by atoms with van der Waals surface area (Å²) in [5, 5.41) is 18.1. The first kappa shape index (κ1) is 9.96. The SMILES string of the molecule is B[C@@H]1CO[C@H](CO)C(O)[C@@]1(C)F. The van der Waals surface area contributed by atoms with E-state index < -0.39 is 17.9 Å². The summed E-state index contributed by atoms with van der Waals surface area (Å²) in [6.07, 6.45) is -2.01. The molecule has 4 atom stereocenters. The van der Waals surface area contributed by atoms with Crippen molar-refractivity contribution in [2.45, 2.75) is 30.6 Å². The van der Waals surface area contributed by atoms with Crippen molar-refractivity contribution in [1.29, 1.82) is 0 Å². The molecule has 5 heteroatoms. The van der Waals surface area contributed by atoms with Crippen molar-refractivity contribution in [3.63, 3.8) is 0 Å². The summed E-state index contributed by atoms with van der Waals surface area (Å²) in [5.41, 5.74) is -1.66. The fraction of sp³-hybridized carbons (Fsp3) is 1.00. The van der Waals surface area contributed by atoms with Gasteiger partial charge in [-0.3, -0.25) is 0 Å². The van der Waals surface area contributed by atoms with Crippen molar-refractivity contribution in [3.05, 3.63) is 0 Å². The number of rotatable bonds is 1. The molecular weight excluding hydrogens is 162 g/mol. The Kier molecular flexibility index (Phi) is 2.75. The maximum absolute atomic E-state index is 13.7. The maximum Gasteiger partial charge on any atom is 0.134 e. The highest BCUT2D eigenvalue weighted by atomic mass is 19.1. The Labute approximate surface area is 71.9 Å². The monoisotopic (exact) mass is 176 g/mol. The Morgan fingerprint density at radius 2 is 2.33 bits per heavy atom. The molecule has 0 aromatic rings. The first-order valence-electron chi connectivity index (χ1n) is 4.09. The Bertz CT molecular complexity index is 165. The fourth-order valence-corrected chi connectivity index (χ4v) is 1.33. The van der Waals surface area contributed by atoms with Crippen molar-refractivity contribution in [2.75, 3.05) is 13.2 Å². The lowest BCUT2D eigenvalue weighted by Gasteiger charge is -2.41. The van der Waals surface area contributed by atoms with Gasteiger partial charge in [-0.1, -0.05) is 0 Å². The molecule has 1 aliphatic rings. The number of ether oxygens (including phenoxy) is 1. The number of halogens is 1. The molecule has 1 heterocycles. The summed E-state index contributed by atoms with van der Waals surface area (Å²) in [4.78, 5) is 0. The number of hydrogen-bond donors (Lipinski definition) is 2. The van der Waals surface area contributed by atoms with Crippen LogP contribution in [-0.2, 0) is 4.74 Å². The highest BCUT2D eigenvalue weighted by molar-refractivity contribution is 6.12. The van der Waals surface area contributed by atoms with Gasteiger partial charge in [-0.15, -0.1) is 0 Å². The number of hydrogen-bond acceptors (Lipinski definition) is 3. The average molecular weight is 176 g/mol. The van der Waals surface area contributed by atoms with Crippen molar-refractivity contribution >= 4 is 7.85 Å². The van der Waals surface area contributed by atoms with E-state index in [9.17, 15) is 9.50 Å². The second kappa shape index (κ2) is 3.32. The number of alkyl halides is 1. The van der Waals surface area contributed by atoms with Crippen LogP contribution in [0.1, 0.15) is 6.92 Å². The molecule has 1 saturated heterocycles. The van der Waals surface area contributed by atoms with E-state index in [-0.39, 0.29) is 19.0 Å². The van der Waals surface area contributed by atoms with E-state index in [0.29, 0.717) is 0 Å². The largest absolute Gasteiger partial charge is 0.394 e. The highest BCUT2D eigenvalue weighted by Crippen LogP contribution is 2.35. The zero-order valence-electron chi connectivity index (χ0n) is 7.33. The molecule has 12 heavy (non-hydrogen) atoms. The van der Waals surface area contributed by atoms with Gasteiger partial charge in [0, 0.05) is 6.61 Å². The summed E-state index contributed by atoms with van der Waals surface area (Å²) in [5.74, 6) is -0.338. The van der Waals surface area contributed by atoms with Crippen molar-refractivity contribution in [2.24, 2.45) is 0 Å². The Morgan fingerprint density at radius 1 is 1.75 bits per heavy atom. The molecule has 0 aromatic carbocycles. The molecule has 0 saturated carbocycles. The molecule has 0 aromatic heterocycles. The lowest BCUT2D eigenvalue weighted by atomic mass is 9.70. The third-order valence-electron chi connectivity index (χ3n) is 2.63. The van der Waals surface area contributed by atoms with Crippen LogP contribution in [0.15, 0.2) is 0 Å². The molecule has 0 radical (unpaired) electrons. The predicted octanol–water partition coefficient (Wildman–Crippen LogP) is -1.11. The number of aliphatic hydroxyl groups is 2. The van der Waals surface area contributed by atoms with E-state index in [4.69, 9.17) is 9.84 Å². The summed E-state index contributed by atoms with van der Waals surface area (Å²) in [6, 6.07) is 0. The van der Waals surface area contributed by atoms with Crippen LogP contribution in [0.2, 0.25) is 5.82 Å². The zero-order valence-corrected chi connectivity index (χ0v) is 7.33. The van der Waals surface area contributed by atoms with Gasteiger partial charge in [0.1, 0.15) is 25.7 Å². The molecule has 1 aliphatic heterocycles. The van der Waals surface area contributed by atoms with E-state index in [2.05, 4.69) is 0 Å². The van der Waals surface area contributed by atoms with Crippen LogP contribution in [0.4, 0.5) is 4.39 Å². The molecule has 0 spiro atoms. The molecular formula is C7H14BFO3. The first-order valence-corrected chi connectivity index (χ1v) is 4.09. The van der Waals surface area contributed by atoms with Crippen LogP contribution in [0, 0.1) is 0 Å². The predicted molar refractivity (Wildman–Crippen MR) is 44.6 cm³/mol. The number of aliphatic hydroxyl groups excluding tert-OH is 2. The van der Waals surface area contributed by atoms with Crippen LogP contribution >= 0.6 is 0 Å². The van der Waals surface area contributed by atoms with E-state index in [1.54, 1.807) is 7.85 Å². The van der Waals surface area contributed by atoms with Crippen LogP contribution in [0.25, 0.3) is 0 Å². The van der Waals surface area contributed by atoms with E-state index in [1.165, 1.54) is 6.92 Å². The van der Waals surface area contributed by atoms with E-state index in [1.807, 2.05) is 0 Å². The van der Waals surface area contributed by atoms with Crippen LogP contribution in [0.5, 0.6) is 0 Å². The zero-order chi connectivity index (χ0) is 9.35. The minimum absolute atomic E-state index is 0.245. The van der Waals surface area contributed by atoms with Crippen molar-refractivity contribution in [1.82, 2.24) is 0 Å². The topological polar surface area (TPSA) is 49.7 Å². The minimum Gasteiger partial charge on any atom is -0.394 e. The van der Waals surface area contributed by atoms with Crippen molar-refractivity contribution < 1.29 is 19.3 Å². The molecule has 1 fully saturated rings. The summed E-state index contributed by atoms with van der Waals surface area (Å²) in [6.45, 7) is 1.25. The van der Waals surface area contributed by atoms with Gasteiger partial charge >= 0.3 is 0 Å². The Hall–Kier alpha value is -0.125. The first-order chi connectivity index (χ1) is 5.50. The normalized spacial score (nSPS) is 49.2. The summed E-state index contributed by atoms with van der Waals surface area (Å²) < 4.78 is 18.7. The lowest BCUT2D eigenvalue weighted by Crippen LogP contribution is -2.54. The standard InChI is InChI=1S/C7H14BFO3/c1-7(9)5(8)3-12-4(2-10)6(7)11/h4-6,10-11H,2-3,8H2,1H3/t4-,5-,6?,7+/m1/s1. The molecule has 2 N–H and O–H groups in total. The molecule has 1 unspecified atom stereocenters. The van der Waals surface area contributed by atoms with E-state index >= 15 is 0 Å². The van der Waals surface area contributed by atoms with Crippen molar-refractivity contribution in [3.8, 4) is 0 Å². The molecule has 0 amide bonds. The second-order valence-electron chi connectivity index (χ2n) is 3.55. The van der Waals surface area contributed by atoms with Gasteiger partial charge in [0.05, 0.1) is 6.61 Å². The van der Waals surface area contributed by atoms with Gasteiger partial charge < -0.3 is 14.9 Å². The Morgan fingerprint density at radius 3 is 2.83 bits per heavy atom. The van der Waals surface area contributed by atoms with Gasteiger partial charge in [0.25, 0.3) is 0 Å². The molecule has 70 valence electrons. The third kappa shape index (κ3) is 1.49. The van der Waals surface area contributed by atoms with Gasteiger partial charge in [0.15, 0.2) is 0 Å². The van der Waals surface area contributed by atoms with Crippen LogP contribution in [0.3, 0.4) is 0 Å². The van der Waals surface area contributed by atoms with Gasteiger partial charge in [-0.2, -0.15) is 0 Å². The van der Waals surface area contributed by atoms with Gasteiger partial charge in [0.2, 0.25) is 0 Å². The highest BCUT2D eigenvalue weighted by Gasteiger charge is 2.46. The molecule has 0 aliphatic carbocycles. The van der Waals surface area contributed by atoms with Crippen LogP contribution in [-0.4, -0.2) is 49.1 Å². The maximum atomic E-state index is 13.7. The average Bonchev–Trinajstić information content (AvgIpc) is 2.02. The van der Waals surface area contributed by atoms with Crippen LogP contribution < -0.4 is 0 Å². The minimum atomic E-state index is -1.66. The lowest BCUT2D eigenvalue weighted by molar-refractivity contribution is -0.161. The van der Waals surface area contributed by atoms with E-state index in [0.717, 1.165) is 0 Å². The molecule has 1 rings (SSSR count). The smallest absolute Gasteiger partial charge is 0.134 e. The fourth-order valence-electron chi connectivity index (χ4n) is 1.33. The summed E-state index contributed by atoms with van der Waals surface area (Å²) >= 11 is 0. The van der Waals surface area contributed by atoms with Gasteiger partial charge in [-0.05, 0) is 12.7 Å². The second-order valence-corrected chi connectivity index (χ2v) is 3.55. The molecule has 0 bridgehead atoms. The Balaban J connectivity index is 2.71. The summed E-state index contributed by atoms with van der Waals surface area (Å²) in [7, 11) is 1.68.